The molecule has 0 spiro atoms. The second-order valence-electron chi connectivity index (χ2n) is 4.34. The number of tetrazole rings is 1. The third-order valence-corrected chi connectivity index (χ3v) is 2.86. The second kappa shape index (κ2) is 4.10. The van der Waals surface area contributed by atoms with E-state index in [1.165, 1.54) is 11.1 Å². The van der Waals surface area contributed by atoms with Gasteiger partial charge >= 0.3 is 0 Å². The average molecular weight is 239 g/mol. The van der Waals surface area contributed by atoms with Gasteiger partial charge in [0.15, 0.2) is 5.65 Å². The van der Waals surface area contributed by atoms with E-state index >= 15 is 0 Å². The van der Waals surface area contributed by atoms with Crippen molar-refractivity contribution in [3.05, 3.63) is 47.7 Å². The number of nitrogens with zero attached hydrogens (tertiary/aromatic N) is 4. The molecule has 0 atom stereocenters. The third kappa shape index (κ3) is 1.90. The molecule has 5 heteroatoms. The minimum Gasteiger partial charge on any atom is -0.355 e. The van der Waals surface area contributed by atoms with Crippen molar-refractivity contribution >= 4 is 17.0 Å². The van der Waals surface area contributed by atoms with Crippen LogP contribution in [0.25, 0.3) is 5.65 Å². The van der Waals surface area contributed by atoms with Crippen molar-refractivity contribution in [2.24, 2.45) is 0 Å². The van der Waals surface area contributed by atoms with Crippen molar-refractivity contribution in [1.82, 2.24) is 20.0 Å². The molecule has 1 N–H and O–H groups in total. The van der Waals surface area contributed by atoms with E-state index in [9.17, 15) is 0 Å². The molecule has 3 aromatic rings. The summed E-state index contributed by atoms with van der Waals surface area (Å²) in [5.74, 6) is 0. The number of aryl methyl sites for hydroxylation is 2. The molecule has 0 saturated heterocycles. The topological polar surface area (TPSA) is 55.1 Å². The van der Waals surface area contributed by atoms with Crippen molar-refractivity contribution in [1.29, 1.82) is 0 Å². The quantitative estimate of drug-likeness (QED) is 0.746. The Morgan fingerprint density at radius 1 is 1.11 bits per heavy atom. The molecular formula is C13H13N5. The Hall–Kier alpha value is -2.43. The van der Waals surface area contributed by atoms with Crippen molar-refractivity contribution in [3.8, 4) is 0 Å². The molecule has 3 rings (SSSR count). The summed E-state index contributed by atoms with van der Waals surface area (Å²) in [6.07, 6.45) is 1.83. The molecule has 0 fully saturated rings. The van der Waals surface area contributed by atoms with E-state index in [-0.39, 0.29) is 0 Å². The van der Waals surface area contributed by atoms with Crippen LogP contribution in [0.2, 0.25) is 0 Å². The van der Waals surface area contributed by atoms with Crippen LogP contribution in [0.15, 0.2) is 36.5 Å². The van der Waals surface area contributed by atoms with Gasteiger partial charge in [-0.05, 0) is 42.0 Å². The van der Waals surface area contributed by atoms with Gasteiger partial charge in [-0.15, -0.1) is 5.10 Å². The molecule has 0 aliphatic carbocycles. The monoisotopic (exact) mass is 239 g/mol. The first-order valence-corrected chi connectivity index (χ1v) is 5.74. The Labute approximate surface area is 104 Å². The van der Waals surface area contributed by atoms with E-state index in [0.29, 0.717) is 0 Å². The largest absolute Gasteiger partial charge is 0.355 e. The Bertz CT molecular complexity index is 701. The summed E-state index contributed by atoms with van der Waals surface area (Å²) in [5.41, 5.74) is 5.27. The van der Waals surface area contributed by atoms with E-state index in [4.69, 9.17) is 0 Å². The second-order valence-corrected chi connectivity index (χ2v) is 4.34. The number of rotatable bonds is 2. The maximum Gasteiger partial charge on any atom is 0.181 e. The minimum absolute atomic E-state index is 0.727. The number of hydrogen-bond acceptors (Lipinski definition) is 4. The number of nitrogens with one attached hydrogen (secondary N) is 1. The molecule has 0 radical (unpaired) electrons. The number of pyridine rings is 1. The molecule has 2 aromatic heterocycles. The third-order valence-electron chi connectivity index (χ3n) is 2.86. The number of fused-ring (bicyclic) bond motifs is 1. The van der Waals surface area contributed by atoms with E-state index < -0.39 is 0 Å². The molecule has 90 valence electrons. The summed E-state index contributed by atoms with van der Waals surface area (Å²) < 4.78 is 1.63. The van der Waals surface area contributed by atoms with Gasteiger partial charge in [-0.2, -0.15) is 0 Å². The van der Waals surface area contributed by atoms with Crippen LogP contribution in [-0.4, -0.2) is 20.0 Å². The summed E-state index contributed by atoms with van der Waals surface area (Å²) in [6, 6.07) is 10.2. The number of hydrogen-bond donors (Lipinski definition) is 1. The van der Waals surface area contributed by atoms with Crippen LogP contribution >= 0.6 is 0 Å². The summed E-state index contributed by atoms with van der Waals surface area (Å²) in [4.78, 5) is 0. The Balaban J connectivity index is 1.95. The van der Waals surface area contributed by atoms with Crippen LogP contribution in [0.1, 0.15) is 11.1 Å². The highest BCUT2D eigenvalue weighted by Crippen LogP contribution is 2.21. The van der Waals surface area contributed by atoms with Gasteiger partial charge in [0.25, 0.3) is 0 Å². The molecule has 0 aliphatic rings. The zero-order chi connectivity index (χ0) is 12.5. The molecule has 0 unspecified atom stereocenters. The smallest absolute Gasteiger partial charge is 0.181 e. The number of aromatic nitrogens is 4. The van der Waals surface area contributed by atoms with Gasteiger partial charge in [0.05, 0.1) is 0 Å². The van der Waals surface area contributed by atoms with Gasteiger partial charge in [-0.1, -0.05) is 17.7 Å². The molecule has 0 bridgehead atoms. The van der Waals surface area contributed by atoms with Crippen LogP contribution in [0.4, 0.5) is 11.4 Å². The van der Waals surface area contributed by atoms with Crippen LogP contribution < -0.4 is 5.32 Å². The lowest BCUT2D eigenvalue weighted by atomic mass is 10.1. The maximum atomic E-state index is 3.92. The fourth-order valence-corrected chi connectivity index (χ4v) is 1.93. The van der Waals surface area contributed by atoms with Crippen molar-refractivity contribution in [2.45, 2.75) is 13.8 Å². The molecule has 0 saturated carbocycles. The van der Waals surface area contributed by atoms with E-state index in [1.807, 2.05) is 18.3 Å². The van der Waals surface area contributed by atoms with E-state index in [0.717, 1.165) is 17.0 Å². The SMILES string of the molecule is Cc1ccc(Nc2ccn3nnnc3c2)c(C)c1. The Kier molecular flexibility index (Phi) is 2.44. The number of anilines is 2. The summed E-state index contributed by atoms with van der Waals surface area (Å²) in [5, 5.41) is 14.7. The predicted molar refractivity (Wildman–Crippen MR) is 70.0 cm³/mol. The lowest BCUT2D eigenvalue weighted by Gasteiger charge is -2.10. The lowest BCUT2D eigenvalue weighted by Crippen LogP contribution is -1.95. The summed E-state index contributed by atoms with van der Waals surface area (Å²) in [7, 11) is 0. The average Bonchev–Trinajstić information content (AvgIpc) is 2.80. The molecule has 0 amide bonds. The maximum absolute atomic E-state index is 3.92. The highest BCUT2D eigenvalue weighted by Gasteiger charge is 2.02. The van der Waals surface area contributed by atoms with Crippen LogP contribution in [-0.2, 0) is 0 Å². The standard InChI is InChI=1S/C13H13N5/c1-9-3-4-12(10(2)7-9)14-11-5-6-18-13(8-11)15-16-17-18/h3-8,14H,1-2H3. The van der Waals surface area contributed by atoms with Crippen LogP contribution in [0, 0.1) is 13.8 Å². The Morgan fingerprint density at radius 2 is 2.00 bits per heavy atom. The molecule has 18 heavy (non-hydrogen) atoms. The predicted octanol–water partition coefficient (Wildman–Crippen LogP) is 2.48. The fraction of sp³-hybridized carbons (Fsp3) is 0.154. The van der Waals surface area contributed by atoms with Crippen molar-refractivity contribution in [2.75, 3.05) is 5.32 Å². The van der Waals surface area contributed by atoms with Crippen molar-refractivity contribution in [3.63, 3.8) is 0 Å². The first kappa shape index (κ1) is 10.7. The van der Waals surface area contributed by atoms with Crippen LogP contribution in [0.5, 0.6) is 0 Å². The molecule has 2 heterocycles. The molecule has 1 aromatic carbocycles. The van der Waals surface area contributed by atoms with Crippen molar-refractivity contribution < 1.29 is 0 Å². The molecular weight excluding hydrogens is 226 g/mol. The molecule has 5 nitrogen and oxygen atoms in total. The van der Waals surface area contributed by atoms with Gasteiger partial charge < -0.3 is 5.32 Å². The van der Waals surface area contributed by atoms with Gasteiger partial charge in [-0.25, -0.2) is 4.52 Å². The first-order chi connectivity index (χ1) is 8.72. The van der Waals surface area contributed by atoms with E-state index in [2.05, 4.69) is 52.9 Å². The fourth-order valence-electron chi connectivity index (χ4n) is 1.93. The van der Waals surface area contributed by atoms with Gasteiger partial charge in [0.2, 0.25) is 0 Å². The summed E-state index contributed by atoms with van der Waals surface area (Å²) in [6.45, 7) is 4.18. The highest BCUT2D eigenvalue weighted by molar-refractivity contribution is 5.65. The highest BCUT2D eigenvalue weighted by atomic mass is 15.5. The van der Waals surface area contributed by atoms with E-state index in [1.54, 1.807) is 4.52 Å². The zero-order valence-corrected chi connectivity index (χ0v) is 10.3. The molecule has 0 aliphatic heterocycles. The van der Waals surface area contributed by atoms with Crippen LogP contribution in [0.3, 0.4) is 0 Å². The van der Waals surface area contributed by atoms with Gasteiger partial charge in [0.1, 0.15) is 0 Å². The first-order valence-electron chi connectivity index (χ1n) is 5.74. The zero-order valence-electron chi connectivity index (χ0n) is 10.3. The van der Waals surface area contributed by atoms with Gasteiger partial charge in [0, 0.05) is 23.6 Å². The number of benzene rings is 1. The normalized spacial score (nSPS) is 10.8. The lowest BCUT2D eigenvalue weighted by molar-refractivity contribution is 0.823. The summed E-state index contributed by atoms with van der Waals surface area (Å²) >= 11 is 0. The Morgan fingerprint density at radius 3 is 2.83 bits per heavy atom. The van der Waals surface area contributed by atoms with Gasteiger partial charge in [-0.3, -0.25) is 0 Å². The minimum atomic E-state index is 0.727.